The third-order valence-electron chi connectivity index (χ3n) is 9.24. The summed E-state index contributed by atoms with van der Waals surface area (Å²) < 4.78 is 0. The Hall–Kier alpha value is -5.46. The molecule has 0 bridgehead atoms. The maximum Gasteiger partial charge on any atom is 0.245 e. The highest BCUT2D eigenvalue weighted by atomic mass is 32.2. The highest BCUT2D eigenvalue weighted by Gasteiger charge is 2.35. The standard InChI is InChI=1S/C38H51N9O8S/c1-21-34(51)44-28(16-23-10-4-3-5-11-23)36(53)45-29(17-24-18-41-26-13-7-6-12-25(24)26)37(54)43-27(14-8-9-15-39)35(52)47-32(22(2)48)38(55)46-30(33(40)50)19-56-20-31(49)42-21/h3-7,10-13,18,21-22,27-30,32,41,48H,8-9,14-17,19-20,39H2,1-2H3,(H2,40,50)(H,42,49)(H,43,54)(H,44,51)(H,45,53)(H,46,55)(H,47,52)/t21-,22+,27-,28?,29+,30-,32-/m0/s1. The minimum Gasteiger partial charge on any atom is -0.391 e. The molecule has 0 spiro atoms. The minimum absolute atomic E-state index is 0.0257. The molecule has 0 saturated carbocycles. The zero-order valence-corrected chi connectivity index (χ0v) is 32.2. The van der Waals surface area contributed by atoms with Gasteiger partial charge in [-0.25, -0.2) is 0 Å². The Labute approximate surface area is 328 Å². The van der Waals surface area contributed by atoms with Crippen molar-refractivity contribution in [3.8, 4) is 0 Å². The van der Waals surface area contributed by atoms with E-state index in [4.69, 9.17) is 11.5 Å². The number of aromatic amines is 1. The number of nitrogens with two attached hydrogens (primary N) is 2. The van der Waals surface area contributed by atoms with Crippen LogP contribution in [0, 0.1) is 0 Å². The quantitative estimate of drug-likeness (QED) is 0.108. The molecule has 17 nitrogen and oxygen atoms in total. The molecule has 1 unspecified atom stereocenters. The summed E-state index contributed by atoms with van der Waals surface area (Å²) in [7, 11) is 0. The van der Waals surface area contributed by atoms with E-state index in [1.165, 1.54) is 13.8 Å². The molecule has 0 aliphatic carbocycles. The number of aliphatic hydroxyl groups is 1. The van der Waals surface area contributed by atoms with Gasteiger partial charge in [-0.15, -0.1) is 11.8 Å². The Morgan fingerprint density at radius 2 is 1.41 bits per heavy atom. The van der Waals surface area contributed by atoms with Crippen molar-refractivity contribution in [1.29, 1.82) is 0 Å². The van der Waals surface area contributed by atoms with Crippen LogP contribution < -0.4 is 43.4 Å². The van der Waals surface area contributed by atoms with E-state index in [9.17, 15) is 38.7 Å². The van der Waals surface area contributed by atoms with Crippen LogP contribution >= 0.6 is 11.8 Å². The summed E-state index contributed by atoms with van der Waals surface area (Å²) in [6.45, 7) is 3.01. The lowest BCUT2D eigenvalue weighted by Crippen LogP contribution is -2.61. The van der Waals surface area contributed by atoms with Crippen molar-refractivity contribution in [2.45, 2.75) is 88.3 Å². The molecule has 4 rings (SSSR count). The molecule has 1 saturated heterocycles. The molecule has 2 heterocycles. The van der Waals surface area contributed by atoms with Crippen LogP contribution in [0.5, 0.6) is 0 Å². The molecule has 1 aliphatic heterocycles. The number of rotatable bonds is 10. The SMILES string of the molecule is C[C@@H]1NC(=O)CSC[C@@H](C(N)=O)NC(=O)[C@H]([C@@H](C)O)NC(=O)[C@H](CCCCN)NC(=O)[C@@H](Cc2c[nH]c3ccccc23)NC(=O)C(Cc2ccccc2)NC1=O. The molecule has 3 aromatic rings. The smallest absolute Gasteiger partial charge is 0.245 e. The second kappa shape index (κ2) is 21.0. The number of fused-ring (bicyclic) bond motifs is 1. The third kappa shape index (κ3) is 12.5. The van der Waals surface area contributed by atoms with Crippen molar-refractivity contribution >= 4 is 64.0 Å². The molecule has 7 atom stereocenters. The number of hydrogen-bond acceptors (Lipinski definition) is 10. The molecule has 0 radical (unpaired) electrons. The van der Waals surface area contributed by atoms with Gasteiger partial charge in [0.25, 0.3) is 0 Å². The van der Waals surface area contributed by atoms with Gasteiger partial charge in [0.05, 0.1) is 11.9 Å². The van der Waals surface area contributed by atoms with Crippen molar-refractivity contribution in [3.63, 3.8) is 0 Å². The van der Waals surface area contributed by atoms with Crippen LogP contribution in [0.3, 0.4) is 0 Å². The third-order valence-corrected chi connectivity index (χ3v) is 10.3. The monoisotopic (exact) mass is 793 g/mol. The van der Waals surface area contributed by atoms with E-state index in [1.54, 1.807) is 36.5 Å². The minimum atomic E-state index is -1.57. The van der Waals surface area contributed by atoms with E-state index in [0.717, 1.165) is 22.7 Å². The summed E-state index contributed by atoms with van der Waals surface area (Å²) in [5.41, 5.74) is 13.4. The molecular formula is C38H51N9O8S. The molecule has 1 fully saturated rings. The zero-order chi connectivity index (χ0) is 40.8. The van der Waals surface area contributed by atoms with Gasteiger partial charge in [-0.3, -0.25) is 33.6 Å². The van der Waals surface area contributed by atoms with Gasteiger partial charge in [-0.2, -0.15) is 0 Å². The van der Waals surface area contributed by atoms with E-state index in [-0.39, 0.29) is 30.8 Å². The summed E-state index contributed by atoms with van der Waals surface area (Å²) in [4.78, 5) is 97.4. The molecule has 1 aliphatic rings. The lowest BCUT2D eigenvalue weighted by Gasteiger charge is -2.28. The van der Waals surface area contributed by atoms with E-state index in [2.05, 4.69) is 36.9 Å². The van der Waals surface area contributed by atoms with E-state index in [0.29, 0.717) is 30.5 Å². The maximum atomic E-state index is 14.3. The number of aromatic nitrogens is 1. The highest BCUT2D eigenvalue weighted by molar-refractivity contribution is 8.00. The summed E-state index contributed by atoms with van der Waals surface area (Å²) in [6, 6.07) is 8.61. The van der Waals surface area contributed by atoms with E-state index < -0.39 is 83.7 Å². The fourth-order valence-corrected chi connectivity index (χ4v) is 7.00. The number of nitrogens with one attached hydrogen (secondary N) is 7. The Morgan fingerprint density at radius 3 is 2.09 bits per heavy atom. The number of hydrogen-bond donors (Lipinski definition) is 10. The van der Waals surface area contributed by atoms with Crippen LogP contribution in [0.1, 0.15) is 44.2 Å². The van der Waals surface area contributed by atoms with Gasteiger partial charge in [0.1, 0.15) is 36.3 Å². The second-order valence-electron chi connectivity index (χ2n) is 13.7. The highest BCUT2D eigenvalue weighted by Crippen LogP contribution is 2.20. The lowest BCUT2D eigenvalue weighted by atomic mass is 10.0. The van der Waals surface area contributed by atoms with Gasteiger partial charge in [0.15, 0.2) is 0 Å². The molecule has 56 heavy (non-hydrogen) atoms. The number of unbranched alkanes of at least 4 members (excludes halogenated alkanes) is 1. The Kier molecular flexibility index (Phi) is 16.2. The fourth-order valence-electron chi connectivity index (χ4n) is 6.13. The van der Waals surface area contributed by atoms with Crippen LogP contribution in [0.4, 0.5) is 0 Å². The van der Waals surface area contributed by atoms with Crippen molar-refractivity contribution in [1.82, 2.24) is 36.9 Å². The fraction of sp³-hybridized carbons (Fsp3) is 0.447. The Bertz CT molecular complexity index is 1860. The van der Waals surface area contributed by atoms with Gasteiger partial charge >= 0.3 is 0 Å². The van der Waals surface area contributed by atoms with Gasteiger partial charge in [-0.1, -0.05) is 48.5 Å². The molecule has 1 aromatic heterocycles. The van der Waals surface area contributed by atoms with Crippen LogP contribution in [-0.4, -0.2) is 112 Å². The first kappa shape index (κ1) is 43.3. The first-order chi connectivity index (χ1) is 26.8. The number of thioether (sulfide) groups is 1. The summed E-state index contributed by atoms with van der Waals surface area (Å²) in [6.07, 6.45) is 1.27. The number of carbonyl (C=O) groups is 7. The number of benzene rings is 2. The number of H-pyrrole nitrogens is 1. The molecular weight excluding hydrogens is 743 g/mol. The Morgan fingerprint density at radius 1 is 0.786 bits per heavy atom. The summed E-state index contributed by atoms with van der Waals surface area (Å²) in [5, 5.41) is 27.1. The van der Waals surface area contributed by atoms with Crippen molar-refractivity contribution < 1.29 is 38.7 Å². The average Bonchev–Trinajstić information content (AvgIpc) is 3.57. The molecule has 18 heteroatoms. The zero-order valence-electron chi connectivity index (χ0n) is 31.3. The van der Waals surface area contributed by atoms with Crippen molar-refractivity contribution in [3.05, 3.63) is 71.9 Å². The van der Waals surface area contributed by atoms with E-state index in [1.807, 2.05) is 24.3 Å². The van der Waals surface area contributed by atoms with Crippen molar-refractivity contribution in [2.24, 2.45) is 11.5 Å². The largest absolute Gasteiger partial charge is 0.391 e. The van der Waals surface area contributed by atoms with Crippen LogP contribution in [0.15, 0.2) is 60.8 Å². The molecule has 302 valence electrons. The molecule has 2 aromatic carbocycles. The number of aliphatic hydroxyl groups excluding tert-OH is 1. The molecule has 7 amide bonds. The summed E-state index contributed by atoms with van der Waals surface area (Å²) >= 11 is 0.949. The normalized spacial score (nSPS) is 24.4. The lowest BCUT2D eigenvalue weighted by molar-refractivity contribution is -0.136. The topological polar surface area (TPSA) is 280 Å². The van der Waals surface area contributed by atoms with Gasteiger partial charge in [-0.05, 0) is 56.8 Å². The number of para-hydroxylation sites is 1. The molecule has 12 N–H and O–H groups in total. The van der Waals surface area contributed by atoms with Gasteiger partial charge < -0.3 is 53.5 Å². The maximum absolute atomic E-state index is 14.3. The van der Waals surface area contributed by atoms with Crippen LogP contribution in [0.25, 0.3) is 10.9 Å². The second-order valence-corrected chi connectivity index (χ2v) is 14.7. The van der Waals surface area contributed by atoms with Crippen molar-refractivity contribution in [2.75, 3.05) is 18.1 Å². The number of primary amides is 1. The van der Waals surface area contributed by atoms with Crippen LogP contribution in [-0.2, 0) is 46.4 Å². The predicted molar refractivity (Wildman–Crippen MR) is 211 cm³/mol. The van der Waals surface area contributed by atoms with E-state index >= 15 is 0 Å². The van der Waals surface area contributed by atoms with Gasteiger partial charge in [0, 0.05) is 35.7 Å². The average molecular weight is 794 g/mol. The number of carbonyl (C=O) groups excluding carboxylic acids is 7. The number of amides is 7. The summed E-state index contributed by atoms with van der Waals surface area (Å²) in [5.74, 6) is -5.74. The first-order valence-electron chi connectivity index (χ1n) is 18.4. The first-order valence-corrected chi connectivity index (χ1v) is 19.6. The van der Waals surface area contributed by atoms with Crippen LogP contribution in [0.2, 0.25) is 0 Å². The predicted octanol–water partition coefficient (Wildman–Crippen LogP) is -1.38. The Balaban J connectivity index is 1.74. The van der Waals surface area contributed by atoms with Gasteiger partial charge in [0.2, 0.25) is 41.4 Å².